The highest BCUT2D eigenvalue weighted by molar-refractivity contribution is 6.30. The lowest BCUT2D eigenvalue weighted by Crippen LogP contribution is -2.34. The van der Waals surface area contributed by atoms with Gasteiger partial charge in [-0.3, -0.25) is 9.59 Å². The fourth-order valence-electron chi connectivity index (χ4n) is 1.94. The smallest absolute Gasteiger partial charge is 0.259 e. The van der Waals surface area contributed by atoms with Crippen molar-refractivity contribution in [1.82, 2.24) is 10.7 Å². The number of ether oxygens (including phenoxy) is 1. The van der Waals surface area contributed by atoms with Gasteiger partial charge in [0.15, 0.2) is 0 Å². The monoisotopic (exact) mass is 369 g/mol. The molecule has 0 bridgehead atoms. The van der Waals surface area contributed by atoms with Crippen LogP contribution in [0.15, 0.2) is 53.6 Å². The zero-order chi connectivity index (χ0) is 18.8. The van der Waals surface area contributed by atoms with Crippen LogP contribution in [-0.4, -0.2) is 31.2 Å². The number of hydrazone groups is 1. The number of halogens is 1. The second kappa shape index (κ2) is 9.87. The van der Waals surface area contributed by atoms with E-state index in [0.29, 0.717) is 21.9 Å². The van der Waals surface area contributed by atoms with Crippen LogP contribution in [0.3, 0.4) is 0 Å². The molecule has 26 heavy (non-hydrogen) atoms. The van der Waals surface area contributed by atoms with Gasteiger partial charge in [0.05, 0.1) is 12.8 Å². The molecule has 0 aliphatic heterocycles. The number of hydrogen-bond donors (Lipinski definition) is 2. The molecule has 7 heteroatoms. The highest BCUT2D eigenvalue weighted by Gasteiger charge is 2.08. The standard InChI is InChI=1S/C19H16ClN3O3/c1-2-10-26-17-9-4-3-6-15(17)12-22-23-18(24)13-21-19(25)14-7-5-8-16(20)11-14/h1,3-9,11-12H,10,13H2,(H,21,25)(H,23,24). The molecule has 132 valence electrons. The highest BCUT2D eigenvalue weighted by Crippen LogP contribution is 2.15. The first-order valence-electron chi connectivity index (χ1n) is 7.61. The summed E-state index contributed by atoms with van der Waals surface area (Å²) in [7, 11) is 0. The van der Waals surface area contributed by atoms with Crippen molar-refractivity contribution in [2.24, 2.45) is 5.10 Å². The van der Waals surface area contributed by atoms with Gasteiger partial charge in [0, 0.05) is 16.1 Å². The lowest BCUT2D eigenvalue weighted by atomic mass is 10.2. The third-order valence-corrected chi connectivity index (χ3v) is 3.35. The van der Waals surface area contributed by atoms with Crippen molar-refractivity contribution in [3.05, 3.63) is 64.7 Å². The minimum atomic E-state index is -0.473. The van der Waals surface area contributed by atoms with E-state index in [2.05, 4.69) is 21.8 Å². The van der Waals surface area contributed by atoms with Crippen molar-refractivity contribution >= 4 is 29.6 Å². The number of benzene rings is 2. The van der Waals surface area contributed by atoms with Crippen LogP contribution < -0.4 is 15.5 Å². The summed E-state index contributed by atoms with van der Waals surface area (Å²) >= 11 is 5.82. The molecule has 0 radical (unpaired) electrons. The number of para-hydroxylation sites is 1. The SMILES string of the molecule is C#CCOc1ccccc1C=NNC(=O)CNC(=O)c1cccc(Cl)c1. The number of amides is 2. The van der Waals surface area contributed by atoms with E-state index in [0.717, 1.165) is 0 Å². The molecule has 6 nitrogen and oxygen atoms in total. The Morgan fingerprint density at radius 2 is 2.04 bits per heavy atom. The number of terminal acetylenes is 1. The van der Waals surface area contributed by atoms with E-state index in [1.165, 1.54) is 12.3 Å². The summed E-state index contributed by atoms with van der Waals surface area (Å²) in [4.78, 5) is 23.7. The predicted octanol–water partition coefficient (Wildman–Crippen LogP) is 2.23. The number of nitrogens with zero attached hydrogens (tertiary/aromatic N) is 1. The Balaban J connectivity index is 1.84. The summed E-state index contributed by atoms with van der Waals surface area (Å²) in [5.74, 6) is 2.05. The molecule has 0 aliphatic carbocycles. The molecule has 0 aromatic heterocycles. The van der Waals surface area contributed by atoms with E-state index in [1.807, 2.05) is 0 Å². The van der Waals surface area contributed by atoms with Crippen LogP contribution in [0.2, 0.25) is 5.02 Å². The minimum absolute atomic E-state index is 0.132. The van der Waals surface area contributed by atoms with Gasteiger partial charge in [0.25, 0.3) is 11.8 Å². The summed E-state index contributed by atoms with van der Waals surface area (Å²) < 4.78 is 5.37. The molecule has 0 spiro atoms. The zero-order valence-electron chi connectivity index (χ0n) is 13.7. The van der Waals surface area contributed by atoms with Gasteiger partial charge in [0.2, 0.25) is 0 Å². The van der Waals surface area contributed by atoms with Crippen LogP contribution >= 0.6 is 11.6 Å². The maximum Gasteiger partial charge on any atom is 0.259 e. The maximum absolute atomic E-state index is 11.9. The number of carbonyl (C=O) groups excluding carboxylic acids is 2. The molecule has 2 N–H and O–H groups in total. The van der Waals surface area contributed by atoms with Crippen molar-refractivity contribution in [3.63, 3.8) is 0 Å². The second-order valence-electron chi connectivity index (χ2n) is 5.02. The average Bonchev–Trinajstić information content (AvgIpc) is 2.65. The van der Waals surface area contributed by atoms with Crippen LogP contribution in [0.1, 0.15) is 15.9 Å². The summed E-state index contributed by atoms with van der Waals surface area (Å²) in [5.41, 5.74) is 3.35. The van der Waals surface area contributed by atoms with Gasteiger partial charge < -0.3 is 10.1 Å². The van der Waals surface area contributed by atoms with Gasteiger partial charge in [-0.2, -0.15) is 5.10 Å². The topological polar surface area (TPSA) is 79.8 Å². The van der Waals surface area contributed by atoms with Gasteiger partial charge in [-0.1, -0.05) is 35.7 Å². The number of hydrogen-bond acceptors (Lipinski definition) is 4. The Morgan fingerprint density at radius 1 is 1.23 bits per heavy atom. The molecule has 0 unspecified atom stereocenters. The number of nitrogens with one attached hydrogen (secondary N) is 2. The Kier molecular flexibility index (Phi) is 7.22. The normalized spacial score (nSPS) is 10.2. The van der Waals surface area contributed by atoms with Crippen LogP contribution in [0, 0.1) is 12.3 Å². The molecular formula is C19H16ClN3O3. The lowest BCUT2D eigenvalue weighted by molar-refractivity contribution is -0.120. The quantitative estimate of drug-likeness (QED) is 0.446. The van der Waals surface area contributed by atoms with E-state index in [4.69, 9.17) is 22.8 Å². The van der Waals surface area contributed by atoms with Crippen molar-refractivity contribution < 1.29 is 14.3 Å². The molecule has 2 rings (SSSR count). The first-order chi connectivity index (χ1) is 12.6. The minimum Gasteiger partial charge on any atom is -0.480 e. The first-order valence-corrected chi connectivity index (χ1v) is 7.99. The van der Waals surface area contributed by atoms with Crippen LogP contribution in [0.25, 0.3) is 0 Å². The van der Waals surface area contributed by atoms with Gasteiger partial charge in [-0.15, -0.1) is 6.42 Å². The Hall–Kier alpha value is -3.30. The van der Waals surface area contributed by atoms with Gasteiger partial charge in [0.1, 0.15) is 12.4 Å². The second-order valence-corrected chi connectivity index (χ2v) is 5.45. The number of carbonyl (C=O) groups is 2. The third-order valence-electron chi connectivity index (χ3n) is 3.12. The van der Waals surface area contributed by atoms with Crippen LogP contribution in [0.5, 0.6) is 5.75 Å². The molecule has 0 saturated heterocycles. The fraction of sp³-hybridized carbons (Fsp3) is 0.105. The maximum atomic E-state index is 11.9. The molecule has 0 fully saturated rings. The van der Waals surface area contributed by atoms with E-state index in [1.54, 1.807) is 42.5 Å². The molecular weight excluding hydrogens is 354 g/mol. The Labute approximate surface area is 156 Å². The molecule has 2 amide bonds. The lowest BCUT2D eigenvalue weighted by Gasteiger charge is -2.06. The fourth-order valence-corrected chi connectivity index (χ4v) is 2.13. The summed E-state index contributed by atoms with van der Waals surface area (Å²) in [6, 6.07) is 13.5. The summed E-state index contributed by atoms with van der Waals surface area (Å²) in [6.45, 7) is -0.0926. The van der Waals surface area contributed by atoms with Gasteiger partial charge >= 0.3 is 0 Å². The van der Waals surface area contributed by atoms with Crippen molar-refractivity contribution in [3.8, 4) is 18.1 Å². The van der Waals surface area contributed by atoms with E-state index in [-0.39, 0.29) is 13.2 Å². The van der Waals surface area contributed by atoms with Gasteiger partial charge in [-0.25, -0.2) is 5.43 Å². The first kappa shape index (κ1) is 19.0. The van der Waals surface area contributed by atoms with E-state index in [9.17, 15) is 9.59 Å². The van der Waals surface area contributed by atoms with Crippen molar-refractivity contribution in [1.29, 1.82) is 0 Å². The summed E-state index contributed by atoms with van der Waals surface area (Å²) in [5, 5.41) is 6.77. The van der Waals surface area contributed by atoms with E-state index < -0.39 is 11.8 Å². The summed E-state index contributed by atoms with van der Waals surface area (Å²) in [6.07, 6.45) is 6.60. The predicted molar refractivity (Wildman–Crippen MR) is 100 cm³/mol. The highest BCUT2D eigenvalue weighted by atomic mass is 35.5. The molecule has 0 saturated carbocycles. The molecule has 0 aliphatic rings. The zero-order valence-corrected chi connectivity index (χ0v) is 14.5. The molecule has 2 aromatic carbocycles. The average molecular weight is 370 g/mol. The van der Waals surface area contributed by atoms with Crippen LogP contribution in [-0.2, 0) is 4.79 Å². The van der Waals surface area contributed by atoms with Crippen LogP contribution in [0.4, 0.5) is 0 Å². The molecule has 0 atom stereocenters. The van der Waals surface area contributed by atoms with Gasteiger partial charge in [-0.05, 0) is 30.3 Å². The van der Waals surface area contributed by atoms with E-state index >= 15 is 0 Å². The van der Waals surface area contributed by atoms with Crippen molar-refractivity contribution in [2.45, 2.75) is 0 Å². The largest absolute Gasteiger partial charge is 0.480 e. The third kappa shape index (κ3) is 5.96. The Bertz CT molecular complexity index is 859. The Morgan fingerprint density at radius 3 is 2.81 bits per heavy atom. The molecule has 0 heterocycles. The van der Waals surface area contributed by atoms with Crippen molar-refractivity contribution in [2.75, 3.05) is 13.2 Å². The number of rotatable bonds is 7. The molecule has 2 aromatic rings.